The molecule has 2 rings (SSSR count). The number of nitrogens with two attached hydrogens (primary N) is 1. The first-order chi connectivity index (χ1) is 6.74. The quantitative estimate of drug-likeness (QED) is 0.837. The molecule has 0 aromatic carbocycles. The fourth-order valence-corrected chi connectivity index (χ4v) is 3.46. The fourth-order valence-electron chi connectivity index (χ4n) is 1.65. The van der Waals surface area contributed by atoms with Crippen LogP contribution >= 0.6 is 23.1 Å². The van der Waals surface area contributed by atoms with Gasteiger partial charge >= 0.3 is 0 Å². The lowest BCUT2D eigenvalue weighted by Crippen LogP contribution is -2.35. The van der Waals surface area contributed by atoms with Gasteiger partial charge in [-0.05, 0) is 0 Å². The SMILES string of the molecule is CC1CN(Cc2cnc(N)s2)CCS1. The molecule has 1 saturated heterocycles. The highest BCUT2D eigenvalue weighted by atomic mass is 32.2. The summed E-state index contributed by atoms with van der Waals surface area (Å²) in [6.45, 7) is 5.67. The summed E-state index contributed by atoms with van der Waals surface area (Å²) in [6.07, 6.45) is 1.90. The first-order valence-corrected chi connectivity index (χ1v) is 6.64. The van der Waals surface area contributed by atoms with Crippen molar-refractivity contribution in [1.82, 2.24) is 9.88 Å². The summed E-state index contributed by atoms with van der Waals surface area (Å²) in [5.74, 6) is 1.25. The van der Waals surface area contributed by atoms with E-state index < -0.39 is 0 Å². The van der Waals surface area contributed by atoms with Crippen molar-refractivity contribution in [3.63, 3.8) is 0 Å². The molecule has 14 heavy (non-hydrogen) atoms. The maximum atomic E-state index is 5.60. The maximum Gasteiger partial charge on any atom is 0.180 e. The molecule has 2 N–H and O–H groups in total. The van der Waals surface area contributed by atoms with Crippen molar-refractivity contribution in [2.75, 3.05) is 24.6 Å². The van der Waals surface area contributed by atoms with E-state index in [1.54, 1.807) is 11.3 Å². The van der Waals surface area contributed by atoms with E-state index >= 15 is 0 Å². The summed E-state index contributed by atoms with van der Waals surface area (Å²) < 4.78 is 0. The van der Waals surface area contributed by atoms with Crippen molar-refractivity contribution in [2.24, 2.45) is 0 Å². The molecule has 1 aliphatic heterocycles. The minimum atomic E-state index is 0.680. The van der Waals surface area contributed by atoms with Gasteiger partial charge < -0.3 is 5.73 Å². The molecule has 0 spiro atoms. The van der Waals surface area contributed by atoms with Gasteiger partial charge in [0.25, 0.3) is 0 Å². The van der Waals surface area contributed by atoms with E-state index in [9.17, 15) is 0 Å². The van der Waals surface area contributed by atoms with Gasteiger partial charge in [-0.2, -0.15) is 11.8 Å². The highest BCUT2D eigenvalue weighted by Crippen LogP contribution is 2.22. The Bertz CT molecular complexity index is 300. The first kappa shape index (κ1) is 10.3. The van der Waals surface area contributed by atoms with Crippen LogP contribution in [0.1, 0.15) is 11.8 Å². The topological polar surface area (TPSA) is 42.2 Å². The Hall–Kier alpha value is -0.260. The van der Waals surface area contributed by atoms with Gasteiger partial charge in [-0.25, -0.2) is 4.98 Å². The van der Waals surface area contributed by atoms with Crippen molar-refractivity contribution in [1.29, 1.82) is 0 Å². The third-order valence-electron chi connectivity index (χ3n) is 2.28. The summed E-state index contributed by atoms with van der Waals surface area (Å²) >= 11 is 3.66. The third-order valence-corrected chi connectivity index (χ3v) is 4.22. The molecule has 78 valence electrons. The van der Waals surface area contributed by atoms with Crippen LogP contribution in [0, 0.1) is 0 Å². The second kappa shape index (κ2) is 4.51. The Morgan fingerprint density at radius 2 is 2.57 bits per heavy atom. The zero-order valence-corrected chi connectivity index (χ0v) is 9.90. The maximum absolute atomic E-state index is 5.60. The van der Waals surface area contributed by atoms with E-state index in [-0.39, 0.29) is 0 Å². The minimum absolute atomic E-state index is 0.680. The normalized spacial score (nSPS) is 23.9. The number of thiazole rings is 1. The number of nitrogen functional groups attached to an aromatic ring is 1. The summed E-state index contributed by atoms with van der Waals surface area (Å²) in [6, 6.07) is 0. The summed E-state index contributed by atoms with van der Waals surface area (Å²) in [4.78, 5) is 7.83. The van der Waals surface area contributed by atoms with Crippen LogP contribution in [0.4, 0.5) is 5.13 Å². The van der Waals surface area contributed by atoms with Gasteiger partial charge in [0.1, 0.15) is 0 Å². The lowest BCUT2D eigenvalue weighted by atomic mass is 10.3. The summed E-state index contributed by atoms with van der Waals surface area (Å²) in [7, 11) is 0. The molecule has 0 saturated carbocycles. The average molecular weight is 229 g/mol. The highest BCUT2D eigenvalue weighted by molar-refractivity contribution is 7.99. The number of anilines is 1. The Kier molecular flexibility index (Phi) is 3.30. The van der Waals surface area contributed by atoms with Crippen molar-refractivity contribution in [3.8, 4) is 0 Å². The molecule has 1 aliphatic rings. The van der Waals surface area contributed by atoms with Crippen LogP contribution < -0.4 is 5.73 Å². The first-order valence-electron chi connectivity index (χ1n) is 4.78. The predicted molar refractivity (Wildman–Crippen MR) is 63.7 cm³/mol. The zero-order valence-electron chi connectivity index (χ0n) is 8.27. The molecule has 5 heteroatoms. The standard InChI is InChI=1S/C9H15N3S2/c1-7-5-12(2-3-13-7)6-8-4-11-9(10)14-8/h4,7H,2-3,5-6H2,1H3,(H2,10,11). The Morgan fingerprint density at radius 3 is 3.21 bits per heavy atom. The number of rotatable bonds is 2. The van der Waals surface area contributed by atoms with Crippen LogP contribution in [-0.2, 0) is 6.54 Å². The van der Waals surface area contributed by atoms with Crippen LogP contribution in [0.25, 0.3) is 0 Å². The average Bonchev–Trinajstić information content (AvgIpc) is 2.51. The molecule has 0 bridgehead atoms. The second-order valence-corrected chi connectivity index (χ2v) is 6.27. The van der Waals surface area contributed by atoms with Crippen molar-refractivity contribution in [3.05, 3.63) is 11.1 Å². The lowest BCUT2D eigenvalue weighted by Gasteiger charge is -2.29. The van der Waals surface area contributed by atoms with Crippen LogP contribution in [0.5, 0.6) is 0 Å². The summed E-state index contributed by atoms with van der Waals surface area (Å²) in [5, 5.41) is 1.44. The Balaban J connectivity index is 1.90. The molecular formula is C9H15N3S2. The van der Waals surface area contributed by atoms with Crippen LogP contribution in [0.3, 0.4) is 0 Å². The predicted octanol–water partition coefficient (Wildman–Crippen LogP) is 1.66. The number of aromatic nitrogens is 1. The highest BCUT2D eigenvalue weighted by Gasteiger charge is 2.17. The number of hydrogen-bond donors (Lipinski definition) is 1. The molecule has 0 amide bonds. The van der Waals surface area contributed by atoms with Gasteiger partial charge in [0.2, 0.25) is 0 Å². The van der Waals surface area contributed by atoms with E-state index in [0.29, 0.717) is 5.13 Å². The molecule has 1 aromatic heterocycles. The lowest BCUT2D eigenvalue weighted by molar-refractivity contribution is 0.280. The van der Waals surface area contributed by atoms with Crippen LogP contribution in [0.2, 0.25) is 0 Å². The molecule has 3 nitrogen and oxygen atoms in total. The second-order valence-electron chi connectivity index (χ2n) is 3.58. The summed E-state index contributed by atoms with van der Waals surface area (Å²) in [5.41, 5.74) is 5.60. The van der Waals surface area contributed by atoms with Gasteiger partial charge in [-0.15, -0.1) is 11.3 Å². The molecule has 1 atom stereocenters. The van der Waals surface area contributed by atoms with Crippen LogP contribution in [-0.4, -0.2) is 34.0 Å². The van der Waals surface area contributed by atoms with E-state index in [0.717, 1.165) is 11.8 Å². The van der Waals surface area contributed by atoms with Gasteiger partial charge in [0.15, 0.2) is 5.13 Å². The third kappa shape index (κ3) is 2.62. The van der Waals surface area contributed by atoms with Gasteiger partial charge in [-0.3, -0.25) is 4.90 Å². The van der Waals surface area contributed by atoms with Crippen molar-refractivity contribution >= 4 is 28.2 Å². The van der Waals surface area contributed by atoms with E-state index in [1.807, 2.05) is 6.20 Å². The number of thioether (sulfide) groups is 1. The Morgan fingerprint density at radius 1 is 1.71 bits per heavy atom. The van der Waals surface area contributed by atoms with Crippen molar-refractivity contribution < 1.29 is 0 Å². The van der Waals surface area contributed by atoms with Crippen LogP contribution in [0.15, 0.2) is 6.20 Å². The molecule has 1 fully saturated rings. The largest absolute Gasteiger partial charge is 0.375 e. The molecular weight excluding hydrogens is 214 g/mol. The molecule has 2 heterocycles. The fraction of sp³-hybridized carbons (Fsp3) is 0.667. The van der Waals surface area contributed by atoms with E-state index in [2.05, 4.69) is 28.6 Å². The molecule has 0 radical (unpaired) electrons. The zero-order chi connectivity index (χ0) is 9.97. The van der Waals surface area contributed by atoms with E-state index in [1.165, 1.54) is 23.7 Å². The monoisotopic (exact) mass is 229 g/mol. The van der Waals surface area contributed by atoms with Crippen molar-refractivity contribution in [2.45, 2.75) is 18.7 Å². The Labute approximate surface area is 92.7 Å². The van der Waals surface area contributed by atoms with E-state index in [4.69, 9.17) is 5.73 Å². The number of hydrogen-bond acceptors (Lipinski definition) is 5. The minimum Gasteiger partial charge on any atom is -0.375 e. The molecule has 0 aliphatic carbocycles. The van der Waals surface area contributed by atoms with Gasteiger partial charge in [0, 0.05) is 41.7 Å². The van der Waals surface area contributed by atoms with Gasteiger partial charge in [-0.1, -0.05) is 6.92 Å². The molecule has 1 aromatic rings. The smallest absolute Gasteiger partial charge is 0.180 e. The molecule has 1 unspecified atom stereocenters. The van der Waals surface area contributed by atoms with Gasteiger partial charge in [0.05, 0.1) is 0 Å². The number of nitrogens with zero attached hydrogens (tertiary/aromatic N) is 2.